The third-order valence-electron chi connectivity index (χ3n) is 2.02. The number of sulfonamides is 1. The lowest BCUT2D eigenvalue weighted by atomic mass is 10.3. The number of carbonyl (C=O) groups excluding carboxylic acids is 2. The molecule has 2 atom stereocenters. The van der Waals surface area contributed by atoms with Crippen molar-refractivity contribution in [1.82, 2.24) is 10.0 Å². The number of hydrogen-bond donors (Lipinski definition) is 4. The first-order valence-electron chi connectivity index (χ1n) is 5.44. The predicted molar refractivity (Wildman–Crippen MR) is 64.9 cm³/mol. The maximum Gasteiger partial charge on any atom is 0.248 e. The normalized spacial score (nSPS) is 14.8. The molecule has 5 N–H and O–H groups in total. The van der Waals surface area contributed by atoms with E-state index in [2.05, 4.69) is 10.0 Å². The lowest BCUT2D eigenvalue weighted by molar-refractivity contribution is -0.127. The van der Waals surface area contributed by atoms with E-state index in [1.54, 1.807) is 6.92 Å². The number of aliphatic hydroxyl groups is 1. The van der Waals surface area contributed by atoms with Crippen LogP contribution in [0.3, 0.4) is 0 Å². The molecule has 0 bridgehead atoms. The molecule has 0 aromatic carbocycles. The van der Waals surface area contributed by atoms with Gasteiger partial charge in [0.25, 0.3) is 0 Å². The summed E-state index contributed by atoms with van der Waals surface area (Å²) in [5.74, 6) is -1.68. The fourth-order valence-electron chi connectivity index (χ4n) is 1.10. The van der Waals surface area contributed by atoms with Gasteiger partial charge in [0, 0.05) is 0 Å². The van der Waals surface area contributed by atoms with E-state index in [9.17, 15) is 18.0 Å². The summed E-state index contributed by atoms with van der Waals surface area (Å²) >= 11 is 0. The Labute approximate surface area is 106 Å². The molecule has 0 radical (unpaired) electrons. The Kier molecular flexibility index (Phi) is 6.81. The zero-order chi connectivity index (χ0) is 14.3. The molecule has 0 saturated carbocycles. The number of amides is 2. The van der Waals surface area contributed by atoms with Gasteiger partial charge in [-0.15, -0.1) is 0 Å². The summed E-state index contributed by atoms with van der Waals surface area (Å²) in [4.78, 5) is 22.0. The maximum absolute atomic E-state index is 11.5. The van der Waals surface area contributed by atoms with E-state index in [0.717, 1.165) is 0 Å². The number of carbonyl (C=O) groups is 2. The van der Waals surface area contributed by atoms with Crippen molar-refractivity contribution >= 4 is 21.8 Å². The second-order valence-electron chi connectivity index (χ2n) is 3.82. The zero-order valence-electron chi connectivity index (χ0n) is 10.3. The summed E-state index contributed by atoms with van der Waals surface area (Å²) in [6, 6.07) is -0.985. The average Bonchev–Trinajstić information content (AvgIpc) is 2.24. The molecule has 18 heavy (non-hydrogen) atoms. The maximum atomic E-state index is 11.5. The van der Waals surface area contributed by atoms with E-state index >= 15 is 0 Å². The van der Waals surface area contributed by atoms with Gasteiger partial charge in [0.2, 0.25) is 21.8 Å². The minimum absolute atomic E-state index is 0.0749. The molecular formula is C9H19N3O5S. The zero-order valence-corrected chi connectivity index (χ0v) is 11.2. The number of hydrogen-bond acceptors (Lipinski definition) is 5. The number of nitrogens with two attached hydrogens (primary N) is 1. The lowest BCUT2D eigenvalue weighted by Gasteiger charge is -2.15. The molecule has 0 aromatic heterocycles. The van der Waals surface area contributed by atoms with Crippen molar-refractivity contribution in [2.75, 3.05) is 12.3 Å². The van der Waals surface area contributed by atoms with Gasteiger partial charge in [-0.3, -0.25) is 9.59 Å². The smallest absolute Gasteiger partial charge is 0.248 e. The Morgan fingerprint density at radius 2 is 1.94 bits per heavy atom. The van der Waals surface area contributed by atoms with Crippen molar-refractivity contribution in [1.29, 1.82) is 0 Å². The standard InChI is InChI=1S/C9H19N3O5S/c1-3-4-18(16,17)12-6(2)9(15)11-5-7(13)8(10)14/h6-7,12-13H,3-5H2,1-2H3,(H2,10,14)(H,11,15). The van der Waals surface area contributed by atoms with Crippen LogP contribution in [-0.4, -0.2) is 49.8 Å². The van der Waals surface area contributed by atoms with Crippen molar-refractivity contribution in [2.45, 2.75) is 32.4 Å². The van der Waals surface area contributed by atoms with Gasteiger partial charge in [0.05, 0.1) is 18.3 Å². The molecule has 2 unspecified atom stereocenters. The van der Waals surface area contributed by atoms with Crippen molar-refractivity contribution in [2.24, 2.45) is 5.73 Å². The number of rotatable bonds is 8. The Balaban J connectivity index is 4.24. The van der Waals surface area contributed by atoms with Crippen molar-refractivity contribution < 1.29 is 23.1 Å². The SMILES string of the molecule is CCCS(=O)(=O)NC(C)C(=O)NCC(O)C(N)=O. The van der Waals surface area contributed by atoms with Crippen LogP contribution < -0.4 is 15.8 Å². The second-order valence-corrected chi connectivity index (χ2v) is 5.70. The molecule has 0 aliphatic heterocycles. The molecular weight excluding hydrogens is 262 g/mol. The van der Waals surface area contributed by atoms with E-state index in [1.165, 1.54) is 6.92 Å². The van der Waals surface area contributed by atoms with Gasteiger partial charge in [-0.25, -0.2) is 13.1 Å². The van der Waals surface area contributed by atoms with Gasteiger partial charge >= 0.3 is 0 Å². The Hall–Kier alpha value is -1.19. The topological polar surface area (TPSA) is 139 Å². The minimum Gasteiger partial charge on any atom is -0.381 e. The Morgan fingerprint density at radius 1 is 1.39 bits per heavy atom. The Bertz CT molecular complexity index is 395. The monoisotopic (exact) mass is 281 g/mol. The van der Waals surface area contributed by atoms with Gasteiger partial charge in [0.15, 0.2) is 0 Å². The summed E-state index contributed by atoms with van der Waals surface area (Å²) in [7, 11) is -3.50. The van der Waals surface area contributed by atoms with Crippen molar-refractivity contribution in [3.63, 3.8) is 0 Å². The predicted octanol–water partition coefficient (Wildman–Crippen LogP) is -2.33. The molecule has 0 aliphatic carbocycles. The number of nitrogens with one attached hydrogen (secondary N) is 2. The van der Waals surface area contributed by atoms with Crippen LogP contribution >= 0.6 is 0 Å². The highest BCUT2D eigenvalue weighted by Gasteiger charge is 2.20. The van der Waals surface area contributed by atoms with Crippen molar-refractivity contribution in [3.8, 4) is 0 Å². The molecule has 8 nitrogen and oxygen atoms in total. The fraction of sp³-hybridized carbons (Fsp3) is 0.778. The number of primary amides is 1. The van der Waals surface area contributed by atoms with Crippen LogP contribution in [0.15, 0.2) is 0 Å². The highest BCUT2D eigenvalue weighted by atomic mass is 32.2. The third kappa shape index (κ3) is 6.52. The van der Waals surface area contributed by atoms with E-state index in [1.807, 2.05) is 0 Å². The highest BCUT2D eigenvalue weighted by molar-refractivity contribution is 7.89. The van der Waals surface area contributed by atoms with Gasteiger partial charge in [-0.1, -0.05) is 6.92 Å². The second kappa shape index (κ2) is 7.29. The summed E-state index contributed by atoms with van der Waals surface area (Å²) in [6.07, 6.45) is -1.06. The first kappa shape index (κ1) is 16.8. The molecule has 0 saturated heterocycles. The van der Waals surface area contributed by atoms with E-state index in [-0.39, 0.29) is 12.3 Å². The van der Waals surface area contributed by atoms with Gasteiger partial charge in [0.1, 0.15) is 6.10 Å². The number of aliphatic hydroxyl groups excluding tert-OH is 1. The lowest BCUT2D eigenvalue weighted by Crippen LogP contribution is -2.48. The van der Waals surface area contributed by atoms with Gasteiger partial charge in [-0.2, -0.15) is 0 Å². The van der Waals surface area contributed by atoms with E-state index in [0.29, 0.717) is 6.42 Å². The first-order valence-corrected chi connectivity index (χ1v) is 7.10. The first-order chi connectivity index (χ1) is 8.19. The summed E-state index contributed by atoms with van der Waals surface area (Å²) < 4.78 is 24.9. The van der Waals surface area contributed by atoms with Crippen LogP contribution in [0.5, 0.6) is 0 Å². The largest absolute Gasteiger partial charge is 0.381 e. The molecule has 0 rings (SSSR count). The summed E-state index contributed by atoms with van der Waals surface area (Å²) in [6.45, 7) is 2.71. The molecule has 0 fully saturated rings. The van der Waals surface area contributed by atoms with Crippen molar-refractivity contribution in [3.05, 3.63) is 0 Å². The van der Waals surface area contributed by atoms with E-state index < -0.39 is 34.0 Å². The quantitative estimate of drug-likeness (QED) is 0.395. The fourth-order valence-corrected chi connectivity index (χ4v) is 2.40. The Morgan fingerprint density at radius 3 is 2.39 bits per heavy atom. The minimum atomic E-state index is -3.50. The molecule has 9 heteroatoms. The molecule has 106 valence electrons. The van der Waals surface area contributed by atoms with Crippen LogP contribution in [0, 0.1) is 0 Å². The molecule has 0 aliphatic rings. The molecule has 2 amide bonds. The third-order valence-corrected chi connectivity index (χ3v) is 3.68. The summed E-state index contributed by atoms with van der Waals surface area (Å²) in [5.41, 5.74) is 4.79. The van der Waals surface area contributed by atoms with Crippen LogP contribution in [0.4, 0.5) is 0 Å². The van der Waals surface area contributed by atoms with E-state index in [4.69, 9.17) is 10.8 Å². The molecule has 0 aromatic rings. The van der Waals surface area contributed by atoms with Crippen LogP contribution in [0.2, 0.25) is 0 Å². The molecule has 0 spiro atoms. The van der Waals surface area contributed by atoms with Crippen LogP contribution in [0.25, 0.3) is 0 Å². The van der Waals surface area contributed by atoms with Gasteiger partial charge < -0.3 is 16.2 Å². The van der Waals surface area contributed by atoms with Crippen LogP contribution in [0.1, 0.15) is 20.3 Å². The van der Waals surface area contributed by atoms with Crippen LogP contribution in [-0.2, 0) is 19.6 Å². The molecule has 0 heterocycles. The summed E-state index contributed by atoms with van der Waals surface area (Å²) in [5, 5.41) is 11.3. The van der Waals surface area contributed by atoms with Gasteiger partial charge in [-0.05, 0) is 13.3 Å². The average molecular weight is 281 g/mol. The highest BCUT2D eigenvalue weighted by Crippen LogP contribution is 1.93.